The first-order valence-electron chi connectivity index (χ1n) is 10.7. The van der Waals surface area contributed by atoms with Crippen LogP contribution >= 0.6 is 11.8 Å². The van der Waals surface area contributed by atoms with Gasteiger partial charge in [-0.05, 0) is 48.9 Å². The van der Waals surface area contributed by atoms with E-state index >= 15 is 0 Å². The maximum absolute atomic E-state index is 14.1. The molecule has 0 radical (unpaired) electrons. The van der Waals surface area contributed by atoms with E-state index in [1.54, 1.807) is 23.0 Å². The van der Waals surface area contributed by atoms with Crippen molar-refractivity contribution in [1.82, 2.24) is 4.90 Å². The van der Waals surface area contributed by atoms with Crippen LogP contribution in [0.25, 0.3) is 0 Å². The van der Waals surface area contributed by atoms with E-state index in [2.05, 4.69) is 0 Å². The molecule has 33 heavy (non-hydrogen) atoms. The molecule has 5 rings (SSSR count). The number of carbonyl (C=O) groups is 2. The SMILES string of the molecule is COc1cccc(CN2C(=O)C3(SCCN3C(=O)c3cccc(F)c3)c3cc(C)ccc32)c1. The van der Waals surface area contributed by atoms with Gasteiger partial charge in [-0.15, -0.1) is 11.8 Å². The zero-order valence-corrected chi connectivity index (χ0v) is 19.2. The van der Waals surface area contributed by atoms with Crippen LogP contribution in [-0.4, -0.2) is 36.1 Å². The number of carbonyl (C=O) groups excluding carboxylic acids is 2. The zero-order valence-electron chi connectivity index (χ0n) is 18.4. The number of rotatable bonds is 4. The van der Waals surface area contributed by atoms with Gasteiger partial charge in [-0.25, -0.2) is 4.39 Å². The molecule has 1 unspecified atom stereocenters. The lowest BCUT2D eigenvalue weighted by molar-refractivity contribution is -0.123. The molecule has 1 spiro atoms. The van der Waals surface area contributed by atoms with Gasteiger partial charge < -0.3 is 14.5 Å². The number of fused-ring (bicyclic) bond motifs is 2. The Labute approximate surface area is 196 Å². The second kappa shape index (κ2) is 8.23. The third-order valence-electron chi connectivity index (χ3n) is 6.14. The van der Waals surface area contributed by atoms with E-state index in [1.165, 1.54) is 30.0 Å². The summed E-state index contributed by atoms with van der Waals surface area (Å²) >= 11 is 1.46. The fourth-order valence-electron chi connectivity index (χ4n) is 4.62. The van der Waals surface area contributed by atoms with Gasteiger partial charge in [0, 0.05) is 23.4 Å². The average molecular weight is 463 g/mol. The number of amides is 2. The quantitative estimate of drug-likeness (QED) is 0.563. The topological polar surface area (TPSA) is 49.9 Å². The molecule has 0 saturated carbocycles. The van der Waals surface area contributed by atoms with Gasteiger partial charge in [-0.1, -0.05) is 35.9 Å². The number of nitrogens with zero attached hydrogens (tertiary/aromatic N) is 2. The van der Waals surface area contributed by atoms with Crippen LogP contribution in [0, 0.1) is 12.7 Å². The molecular weight excluding hydrogens is 439 g/mol. The molecule has 1 saturated heterocycles. The zero-order chi connectivity index (χ0) is 23.2. The molecule has 168 valence electrons. The molecule has 2 amide bonds. The van der Waals surface area contributed by atoms with E-state index in [9.17, 15) is 14.0 Å². The predicted molar refractivity (Wildman–Crippen MR) is 127 cm³/mol. The summed E-state index contributed by atoms with van der Waals surface area (Å²) in [7, 11) is 1.61. The second-order valence-electron chi connectivity index (χ2n) is 8.22. The van der Waals surface area contributed by atoms with Crippen molar-refractivity contribution in [2.24, 2.45) is 0 Å². The summed E-state index contributed by atoms with van der Waals surface area (Å²) in [6, 6.07) is 19.2. The molecule has 0 aliphatic carbocycles. The van der Waals surface area contributed by atoms with Crippen LogP contribution in [0.5, 0.6) is 5.75 Å². The standard InChI is InChI=1S/C26H23FN2O3S/c1-17-9-10-23-22(13-17)26(25(31)28(23)16-18-5-3-8-21(14-18)32-2)29(11-12-33-26)24(30)19-6-4-7-20(27)15-19/h3-10,13-15H,11-12,16H2,1-2H3. The number of halogens is 1. The highest BCUT2D eigenvalue weighted by Crippen LogP contribution is 2.55. The van der Waals surface area contributed by atoms with Crippen molar-refractivity contribution in [2.45, 2.75) is 18.3 Å². The van der Waals surface area contributed by atoms with E-state index in [4.69, 9.17) is 4.74 Å². The molecule has 0 aromatic heterocycles. The molecule has 1 atom stereocenters. The van der Waals surface area contributed by atoms with E-state index in [-0.39, 0.29) is 17.4 Å². The minimum absolute atomic E-state index is 0.154. The minimum atomic E-state index is -1.16. The number of thioether (sulfide) groups is 1. The van der Waals surface area contributed by atoms with Crippen molar-refractivity contribution >= 4 is 29.3 Å². The molecule has 0 bridgehead atoms. The van der Waals surface area contributed by atoms with Crippen LogP contribution in [0.15, 0.2) is 66.7 Å². The van der Waals surface area contributed by atoms with Crippen molar-refractivity contribution in [3.05, 3.63) is 94.8 Å². The average Bonchev–Trinajstić information content (AvgIpc) is 3.36. The van der Waals surface area contributed by atoms with Gasteiger partial charge in [0.25, 0.3) is 11.8 Å². The van der Waals surface area contributed by atoms with Gasteiger partial charge in [0.05, 0.1) is 19.3 Å². The van der Waals surface area contributed by atoms with Crippen molar-refractivity contribution < 1.29 is 18.7 Å². The van der Waals surface area contributed by atoms with Gasteiger partial charge in [0.2, 0.25) is 0 Å². The highest BCUT2D eigenvalue weighted by molar-refractivity contribution is 8.01. The Hall–Kier alpha value is -3.32. The molecule has 5 nitrogen and oxygen atoms in total. The van der Waals surface area contributed by atoms with Crippen LogP contribution in [0.2, 0.25) is 0 Å². The third-order valence-corrected chi connectivity index (χ3v) is 7.56. The van der Waals surface area contributed by atoms with Crippen LogP contribution in [0.4, 0.5) is 10.1 Å². The number of methoxy groups -OCH3 is 1. The molecule has 2 aliphatic rings. The highest BCUT2D eigenvalue weighted by Gasteiger charge is 2.59. The summed E-state index contributed by atoms with van der Waals surface area (Å²) in [5, 5.41) is 0. The van der Waals surface area contributed by atoms with Crippen molar-refractivity contribution in [3.8, 4) is 5.75 Å². The summed E-state index contributed by atoms with van der Waals surface area (Å²) in [6.07, 6.45) is 0. The fourth-order valence-corrected chi connectivity index (χ4v) is 6.07. The van der Waals surface area contributed by atoms with Crippen LogP contribution in [0.1, 0.15) is 27.0 Å². The number of anilines is 1. The summed E-state index contributed by atoms with van der Waals surface area (Å²) in [4.78, 5) is 29.8. The Balaban J connectivity index is 1.59. The number of hydrogen-bond donors (Lipinski definition) is 0. The van der Waals surface area contributed by atoms with Crippen molar-refractivity contribution in [1.29, 1.82) is 0 Å². The lowest BCUT2D eigenvalue weighted by Crippen LogP contribution is -2.50. The second-order valence-corrected chi connectivity index (χ2v) is 9.51. The van der Waals surface area contributed by atoms with E-state index in [0.717, 1.165) is 28.1 Å². The summed E-state index contributed by atoms with van der Waals surface area (Å²) in [5.74, 6) is 0.362. The summed E-state index contributed by atoms with van der Waals surface area (Å²) in [6.45, 7) is 2.74. The number of hydrogen-bond acceptors (Lipinski definition) is 4. The van der Waals surface area contributed by atoms with Crippen molar-refractivity contribution in [2.75, 3.05) is 24.3 Å². The first kappa shape index (κ1) is 21.5. The molecule has 0 N–H and O–H groups in total. The van der Waals surface area contributed by atoms with Crippen LogP contribution in [0.3, 0.4) is 0 Å². The number of benzene rings is 3. The van der Waals surface area contributed by atoms with Crippen molar-refractivity contribution in [3.63, 3.8) is 0 Å². The minimum Gasteiger partial charge on any atom is -0.497 e. The van der Waals surface area contributed by atoms with E-state index in [1.807, 2.05) is 49.4 Å². The smallest absolute Gasteiger partial charge is 0.268 e. The van der Waals surface area contributed by atoms with Gasteiger partial charge in [0.15, 0.2) is 4.87 Å². The molecule has 2 heterocycles. The van der Waals surface area contributed by atoms with Gasteiger partial charge in [0.1, 0.15) is 11.6 Å². The third kappa shape index (κ3) is 3.47. The van der Waals surface area contributed by atoms with Gasteiger partial charge in [-0.2, -0.15) is 0 Å². The fraction of sp³-hybridized carbons (Fsp3) is 0.231. The van der Waals surface area contributed by atoms with Crippen LogP contribution in [-0.2, 0) is 16.2 Å². The lowest BCUT2D eigenvalue weighted by atomic mass is 10.0. The lowest BCUT2D eigenvalue weighted by Gasteiger charge is -2.33. The monoisotopic (exact) mass is 462 g/mol. The first-order chi connectivity index (χ1) is 15.9. The largest absolute Gasteiger partial charge is 0.497 e. The number of aryl methyl sites for hydroxylation is 1. The molecule has 7 heteroatoms. The highest BCUT2D eigenvalue weighted by atomic mass is 32.2. The molecular formula is C26H23FN2O3S. The van der Waals surface area contributed by atoms with Gasteiger partial charge >= 0.3 is 0 Å². The Bertz CT molecular complexity index is 1260. The summed E-state index contributed by atoms with van der Waals surface area (Å²) < 4.78 is 19.2. The molecule has 3 aromatic carbocycles. The maximum Gasteiger partial charge on any atom is 0.268 e. The van der Waals surface area contributed by atoms with Crippen LogP contribution < -0.4 is 9.64 Å². The van der Waals surface area contributed by atoms with E-state index in [0.29, 0.717) is 18.8 Å². The normalized spacial score (nSPS) is 19.3. The molecule has 1 fully saturated rings. The van der Waals surface area contributed by atoms with Gasteiger partial charge in [-0.3, -0.25) is 9.59 Å². The Kier molecular flexibility index (Phi) is 5.37. The Morgan fingerprint density at radius 1 is 1.12 bits per heavy atom. The molecule has 2 aliphatic heterocycles. The first-order valence-corrected chi connectivity index (χ1v) is 11.7. The summed E-state index contributed by atoms with van der Waals surface area (Å²) in [5.41, 5.74) is 3.78. The van der Waals surface area contributed by atoms with E-state index < -0.39 is 10.7 Å². The Morgan fingerprint density at radius 3 is 2.73 bits per heavy atom. The Morgan fingerprint density at radius 2 is 1.94 bits per heavy atom. The maximum atomic E-state index is 14.1. The number of ether oxygens (including phenoxy) is 1. The molecule has 3 aromatic rings. The predicted octanol–water partition coefficient (Wildman–Crippen LogP) is 4.73.